The van der Waals surface area contributed by atoms with Crippen molar-refractivity contribution in [1.29, 1.82) is 0 Å². The van der Waals surface area contributed by atoms with Crippen LogP contribution in [0.3, 0.4) is 0 Å². The first-order valence-electron chi connectivity index (χ1n) is 7.18. The van der Waals surface area contributed by atoms with Crippen LogP contribution in [0, 0.1) is 12.7 Å². The van der Waals surface area contributed by atoms with E-state index < -0.39 is 5.82 Å². The van der Waals surface area contributed by atoms with Gasteiger partial charge in [0.25, 0.3) is 0 Å². The molecule has 0 aliphatic rings. The van der Waals surface area contributed by atoms with E-state index >= 15 is 0 Å². The average molecular weight is 301 g/mol. The number of ether oxygens (including phenoxy) is 1. The van der Waals surface area contributed by atoms with Gasteiger partial charge in [-0.1, -0.05) is 35.9 Å². The minimum absolute atomic E-state index is 0.0902. The summed E-state index contributed by atoms with van der Waals surface area (Å²) in [4.78, 5) is 12.1. The molecule has 2 rings (SSSR count). The van der Waals surface area contributed by atoms with Gasteiger partial charge in [0.1, 0.15) is 0 Å². The second-order valence-corrected chi connectivity index (χ2v) is 5.35. The number of carbonyl (C=O) groups is 1. The Hall–Kier alpha value is -2.36. The fourth-order valence-electron chi connectivity index (χ4n) is 2.22. The molecule has 22 heavy (non-hydrogen) atoms. The number of carbonyl (C=O) groups excluding carboxylic acids is 1. The minimum atomic E-state index is -0.431. The summed E-state index contributed by atoms with van der Waals surface area (Å²) < 4.78 is 18.6. The van der Waals surface area contributed by atoms with E-state index in [0.29, 0.717) is 12.0 Å². The number of hydrogen-bond acceptors (Lipinski definition) is 2. The minimum Gasteiger partial charge on any atom is -0.494 e. The van der Waals surface area contributed by atoms with E-state index in [4.69, 9.17) is 4.74 Å². The van der Waals surface area contributed by atoms with Crippen LogP contribution in [0.15, 0.2) is 42.5 Å². The second kappa shape index (κ2) is 7.07. The quantitative estimate of drug-likeness (QED) is 0.917. The van der Waals surface area contributed by atoms with E-state index in [1.54, 1.807) is 12.1 Å². The SMILES string of the molecule is COc1ccc([C@@H](C)NC(=O)Cc2ccc(C)cc2)cc1F. The molecule has 2 aromatic carbocycles. The highest BCUT2D eigenvalue weighted by Gasteiger charge is 2.12. The molecule has 1 N–H and O–H groups in total. The van der Waals surface area contributed by atoms with Gasteiger partial charge in [0.05, 0.1) is 19.6 Å². The summed E-state index contributed by atoms with van der Waals surface area (Å²) in [5.74, 6) is -0.325. The summed E-state index contributed by atoms with van der Waals surface area (Å²) in [6.45, 7) is 3.83. The molecular formula is C18H20FNO2. The normalized spacial score (nSPS) is 11.8. The molecule has 0 aromatic heterocycles. The average Bonchev–Trinajstić information content (AvgIpc) is 2.49. The third kappa shape index (κ3) is 4.07. The molecule has 0 radical (unpaired) electrons. The molecule has 0 heterocycles. The maximum atomic E-state index is 13.7. The Morgan fingerprint density at radius 1 is 1.23 bits per heavy atom. The van der Waals surface area contributed by atoms with Gasteiger partial charge < -0.3 is 10.1 Å². The van der Waals surface area contributed by atoms with Gasteiger partial charge >= 0.3 is 0 Å². The Morgan fingerprint density at radius 2 is 1.91 bits per heavy atom. The van der Waals surface area contributed by atoms with Gasteiger partial charge in [-0.15, -0.1) is 0 Å². The summed E-state index contributed by atoms with van der Waals surface area (Å²) in [6.07, 6.45) is 0.309. The standard InChI is InChI=1S/C18H20FNO2/c1-12-4-6-14(7-5-12)10-18(21)20-13(2)15-8-9-17(22-3)16(19)11-15/h4-9,11,13H,10H2,1-3H3,(H,20,21)/t13-/m1/s1. The summed E-state index contributed by atoms with van der Waals surface area (Å²) >= 11 is 0. The number of benzene rings is 2. The van der Waals surface area contributed by atoms with Gasteiger partial charge in [-0.05, 0) is 37.1 Å². The zero-order valence-electron chi connectivity index (χ0n) is 13.0. The van der Waals surface area contributed by atoms with Gasteiger partial charge in [-0.25, -0.2) is 4.39 Å². The molecule has 0 saturated heterocycles. The molecule has 1 amide bonds. The highest BCUT2D eigenvalue weighted by molar-refractivity contribution is 5.79. The fourth-order valence-corrected chi connectivity index (χ4v) is 2.22. The molecule has 0 fully saturated rings. The Morgan fingerprint density at radius 3 is 2.50 bits per heavy atom. The molecule has 3 nitrogen and oxygen atoms in total. The van der Waals surface area contributed by atoms with Crippen LogP contribution < -0.4 is 10.1 Å². The predicted octanol–water partition coefficient (Wildman–Crippen LogP) is 3.56. The zero-order valence-corrected chi connectivity index (χ0v) is 13.0. The van der Waals surface area contributed by atoms with E-state index in [1.165, 1.54) is 13.2 Å². The molecule has 0 bridgehead atoms. The van der Waals surface area contributed by atoms with Crippen LogP contribution in [-0.2, 0) is 11.2 Å². The third-order valence-corrected chi connectivity index (χ3v) is 3.54. The molecule has 0 saturated carbocycles. The molecule has 116 valence electrons. The first-order chi connectivity index (χ1) is 10.5. The van der Waals surface area contributed by atoms with Crippen LogP contribution >= 0.6 is 0 Å². The predicted molar refractivity (Wildman–Crippen MR) is 84.4 cm³/mol. The van der Waals surface area contributed by atoms with Crippen molar-refractivity contribution in [2.45, 2.75) is 26.3 Å². The van der Waals surface area contributed by atoms with Crippen molar-refractivity contribution in [3.05, 3.63) is 65.0 Å². The molecule has 0 aliphatic heterocycles. The highest BCUT2D eigenvalue weighted by atomic mass is 19.1. The van der Waals surface area contributed by atoms with Crippen LogP contribution in [0.1, 0.15) is 29.7 Å². The van der Waals surface area contributed by atoms with E-state index in [0.717, 1.165) is 11.1 Å². The lowest BCUT2D eigenvalue weighted by Crippen LogP contribution is -2.28. The number of amides is 1. The van der Waals surface area contributed by atoms with E-state index in [2.05, 4.69) is 5.32 Å². The van der Waals surface area contributed by atoms with Gasteiger partial charge in [0.2, 0.25) is 5.91 Å². The number of methoxy groups -OCH3 is 1. The van der Waals surface area contributed by atoms with Crippen molar-refractivity contribution >= 4 is 5.91 Å². The van der Waals surface area contributed by atoms with E-state index in [9.17, 15) is 9.18 Å². The lowest BCUT2D eigenvalue weighted by molar-refractivity contribution is -0.121. The molecule has 0 spiro atoms. The molecule has 2 aromatic rings. The van der Waals surface area contributed by atoms with Gasteiger partial charge in [0, 0.05) is 0 Å². The van der Waals surface area contributed by atoms with Gasteiger partial charge in [0.15, 0.2) is 11.6 Å². The fraction of sp³-hybridized carbons (Fsp3) is 0.278. The van der Waals surface area contributed by atoms with E-state index in [-0.39, 0.29) is 17.7 Å². The lowest BCUT2D eigenvalue weighted by atomic mass is 10.1. The van der Waals surface area contributed by atoms with Crippen LogP contribution in [0.4, 0.5) is 4.39 Å². The van der Waals surface area contributed by atoms with Crippen LogP contribution in [0.25, 0.3) is 0 Å². The monoisotopic (exact) mass is 301 g/mol. The van der Waals surface area contributed by atoms with Crippen molar-refractivity contribution in [2.75, 3.05) is 7.11 Å². The van der Waals surface area contributed by atoms with Crippen molar-refractivity contribution < 1.29 is 13.9 Å². The van der Waals surface area contributed by atoms with Crippen LogP contribution in [0.2, 0.25) is 0 Å². The summed E-state index contributed by atoms with van der Waals surface area (Å²) in [7, 11) is 1.42. The molecule has 0 aliphatic carbocycles. The smallest absolute Gasteiger partial charge is 0.224 e. The first-order valence-corrected chi connectivity index (χ1v) is 7.18. The summed E-state index contributed by atoms with van der Waals surface area (Å²) in [6, 6.07) is 12.3. The van der Waals surface area contributed by atoms with Crippen molar-refractivity contribution in [2.24, 2.45) is 0 Å². The lowest BCUT2D eigenvalue weighted by Gasteiger charge is -2.15. The second-order valence-electron chi connectivity index (χ2n) is 5.35. The molecular weight excluding hydrogens is 281 g/mol. The maximum absolute atomic E-state index is 13.7. The molecule has 4 heteroatoms. The van der Waals surface area contributed by atoms with Crippen LogP contribution in [0.5, 0.6) is 5.75 Å². The zero-order chi connectivity index (χ0) is 16.1. The van der Waals surface area contributed by atoms with E-state index in [1.807, 2.05) is 38.1 Å². The van der Waals surface area contributed by atoms with Crippen molar-refractivity contribution in [1.82, 2.24) is 5.32 Å². The number of aryl methyl sites for hydroxylation is 1. The Balaban J connectivity index is 1.98. The summed E-state index contributed by atoms with van der Waals surface area (Å²) in [5, 5.41) is 2.88. The molecule has 1 atom stereocenters. The van der Waals surface area contributed by atoms with Gasteiger partial charge in [-0.2, -0.15) is 0 Å². The number of rotatable bonds is 5. The third-order valence-electron chi connectivity index (χ3n) is 3.54. The number of nitrogens with one attached hydrogen (secondary N) is 1. The Labute approximate surface area is 130 Å². The Kier molecular flexibility index (Phi) is 5.15. The van der Waals surface area contributed by atoms with Crippen molar-refractivity contribution in [3.8, 4) is 5.75 Å². The maximum Gasteiger partial charge on any atom is 0.224 e. The van der Waals surface area contributed by atoms with Crippen LogP contribution in [-0.4, -0.2) is 13.0 Å². The summed E-state index contributed by atoms with van der Waals surface area (Å²) in [5.41, 5.74) is 2.82. The molecule has 0 unspecified atom stereocenters. The topological polar surface area (TPSA) is 38.3 Å². The van der Waals surface area contributed by atoms with Gasteiger partial charge in [-0.3, -0.25) is 4.79 Å². The van der Waals surface area contributed by atoms with Crippen molar-refractivity contribution in [3.63, 3.8) is 0 Å². The Bertz CT molecular complexity index is 653. The number of halogens is 1. The highest BCUT2D eigenvalue weighted by Crippen LogP contribution is 2.21. The largest absolute Gasteiger partial charge is 0.494 e. The first kappa shape index (κ1) is 16.0. The number of hydrogen-bond donors (Lipinski definition) is 1.